The third-order valence-corrected chi connectivity index (χ3v) is 3.18. The first-order valence-corrected chi connectivity index (χ1v) is 5.78. The molecule has 0 unspecified atom stereocenters. The minimum absolute atomic E-state index is 0. The summed E-state index contributed by atoms with van der Waals surface area (Å²) in [7, 11) is 0. The Kier molecular flexibility index (Phi) is 4.36. The molecule has 2 heterocycles. The molecule has 0 aliphatic heterocycles. The van der Waals surface area contributed by atoms with E-state index in [1.54, 1.807) is 5.38 Å². The van der Waals surface area contributed by atoms with Crippen molar-refractivity contribution >= 4 is 28.3 Å². The number of hydrogen-bond donors (Lipinski definition) is 0. The molecule has 0 aliphatic carbocycles. The van der Waals surface area contributed by atoms with Crippen LogP contribution in [-0.4, -0.2) is 11.0 Å². The van der Waals surface area contributed by atoms with Crippen LogP contribution in [0.1, 0.15) is 9.80 Å². The maximum atomic E-state index is 10.6. The average Bonchev–Trinajstić information content (AvgIpc) is 2.95. The molecule has 0 fully saturated rings. The minimum Gasteiger partial charge on any atom is -0.542 e. The first-order valence-electron chi connectivity index (χ1n) is 4.90. The first kappa shape index (κ1) is 13.9. The number of benzene rings is 1. The number of hydrogen-bond acceptors (Lipinski definition) is 5. The standard InChI is InChI=1S/C12H7NO3S.K/c14-12(15)11-13-8(6-17-11)10-5-7-3-1-2-4-9(7)16-10;/h1-6H,(H,14,15);/q;+1/p-1. The van der Waals surface area contributed by atoms with Gasteiger partial charge in [-0.2, -0.15) is 0 Å². The van der Waals surface area contributed by atoms with E-state index in [2.05, 4.69) is 4.98 Å². The average molecular weight is 283 g/mol. The fourth-order valence-corrected chi connectivity index (χ4v) is 2.23. The topological polar surface area (TPSA) is 66.2 Å². The van der Waals surface area contributed by atoms with Gasteiger partial charge in [0.1, 0.15) is 22.3 Å². The normalized spacial score (nSPS) is 10.2. The molecule has 0 bridgehead atoms. The summed E-state index contributed by atoms with van der Waals surface area (Å²) in [5, 5.41) is 13.2. The maximum absolute atomic E-state index is 10.6. The molecule has 3 rings (SSSR count). The molecular weight excluding hydrogens is 277 g/mol. The zero-order valence-corrected chi connectivity index (χ0v) is 13.5. The zero-order valence-electron chi connectivity index (χ0n) is 9.54. The molecule has 18 heavy (non-hydrogen) atoms. The number of carbonyl (C=O) groups excluding carboxylic acids is 1. The van der Waals surface area contributed by atoms with Crippen LogP contribution >= 0.6 is 11.3 Å². The molecule has 2 aromatic heterocycles. The SMILES string of the molecule is O=C([O-])c1nc(-c2cc3ccccc3o2)cs1.[K+]. The number of thiazole rings is 1. The molecule has 0 radical (unpaired) electrons. The van der Waals surface area contributed by atoms with Gasteiger partial charge in [0.25, 0.3) is 0 Å². The Hall–Kier alpha value is -0.504. The number of carboxylic acid groups (broad SMARTS) is 1. The smallest absolute Gasteiger partial charge is 0.542 e. The van der Waals surface area contributed by atoms with Crippen LogP contribution < -0.4 is 56.5 Å². The van der Waals surface area contributed by atoms with Crippen molar-refractivity contribution in [1.29, 1.82) is 0 Å². The Morgan fingerprint density at radius 3 is 2.78 bits per heavy atom. The van der Waals surface area contributed by atoms with Gasteiger partial charge in [-0.1, -0.05) is 18.2 Å². The summed E-state index contributed by atoms with van der Waals surface area (Å²) in [5.41, 5.74) is 1.27. The summed E-state index contributed by atoms with van der Waals surface area (Å²) in [6.07, 6.45) is 0. The minimum atomic E-state index is -1.27. The van der Waals surface area contributed by atoms with Crippen LogP contribution in [-0.2, 0) is 0 Å². The Morgan fingerprint density at radius 2 is 2.11 bits per heavy atom. The molecule has 6 heteroatoms. The van der Waals surface area contributed by atoms with Crippen LogP contribution in [0.3, 0.4) is 0 Å². The van der Waals surface area contributed by atoms with E-state index < -0.39 is 5.97 Å². The zero-order chi connectivity index (χ0) is 11.8. The number of para-hydroxylation sites is 1. The van der Waals surface area contributed by atoms with Crippen molar-refractivity contribution in [1.82, 2.24) is 4.98 Å². The van der Waals surface area contributed by atoms with E-state index in [0.717, 1.165) is 22.3 Å². The van der Waals surface area contributed by atoms with Crippen LogP contribution in [0.25, 0.3) is 22.4 Å². The molecule has 0 N–H and O–H groups in total. The van der Waals surface area contributed by atoms with Gasteiger partial charge in [-0.15, -0.1) is 11.3 Å². The van der Waals surface area contributed by atoms with Gasteiger partial charge in [-0.25, -0.2) is 4.98 Å². The van der Waals surface area contributed by atoms with Gasteiger partial charge in [0.15, 0.2) is 5.76 Å². The summed E-state index contributed by atoms with van der Waals surface area (Å²) < 4.78 is 5.58. The Bertz CT molecular complexity index is 671. The molecule has 0 amide bonds. The molecule has 4 nitrogen and oxygen atoms in total. The second kappa shape index (κ2) is 5.64. The number of nitrogens with zero attached hydrogens (tertiary/aromatic N) is 1. The van der Waals surface area contributed by atoms with E-state index in [-0.39, 0.29) is 56.4 Å². The summed E-state index contributed by atoms with van der Waals surface area (Å²) in [5.74, 6) is -0.702. The molecule has 0 atom stereocenters. The Morgan fingerprint density at radius 1 is 1.33 bits per heavy atom. The second-order valence-corrected chi connectivity index (χ2v) is 4.33. The molecule has 0 aliphatic rings. The van der Waals surface area contributed by atoms with E-state index in [4.69, 9.17) is 4.42 Å². The van der Waals surface area contributed by atoms with E-state index in [1.165, 1.54) is 0 Å². The summed E-state index contributed by atoms with van der Waals surface area (Å²) in [4.78, 5) is 14.6. The molecule has 0 spiro atoms. The van der Waals surface area contributed by atoms with Crippen LogP contribution in [0.2, 0.25) is 0 Å². The van der Waals surface area contributed by atoms with E-state index in [0.29, 0.717) is 11.5 Å². The van der Waals surface area contributed by atoms with Gasteiger partial charge in [0, 0.05) is 10.8 Å². The van der Waals surface area contributed by atoms with Gasteiger partial charge in [0.2, 0.25) is 0 Å². The van der Waals surface area contributed by atoms with Crippen molar-refractivity contribution in [3.8, 4) is 11.5 Å². The first-order chi connectivity index (χ1) is 8.24. The fourth-order valence-electron chi connectivity index (χ4n) is 1.59. The van der Waals surface area contributed by atoms with Crippen LogP contribution in [0.4, 0.5) is 0 Å². The third kappa shape index (κ3) is 2.58. The number of aromatic nitrogens is 1. The number of carbonyl (C=O) groups is 1. The molecule has 3 aromatic rings. The van der Waals surface area contributed by atoms with E-state index >= 15 is 0 Å². The number of fused-ring (bicyclic) bond motifs is 1. The second-order valence-electron chi connectivity index (χ2n) is 3.47. The van der Waals surface area contributed by atoms with Crippen molar-refractivity contribution in [3.63, 3.8) is 0 Å². The molecular formula is C12H6KNO3S. The van der Waals surface area contributed by atoms with E-state index in [1.807, 2.05) is 30.3 Å². The predicted octanol–water partition coefficient (Wildman–Crippen LogP) is -1.08. The summed E-state index contributed by atoms with van der Waals surface area (Å²) >= 11 is 1.03. The van der Waals surface area contributed by atoms with Crippen LogP contribution in [0.5, 0.6) is 0 Å². The quantitative estimate of drug-likeness (QED) is 0.561. The number of aromatic carboxylic acids is 1. The predicted molar refractivity (Wildman–Crippen MR) is 61.7 cm³/mol. The summed E-state index contributed by atoms with van der Waals surface area (Å²) in [6, 6.07) is 9.40. The van der Waals surface area contributed by atoms with Gasteiger partial charge in [-0.3, -0.25) is 0 Å². The molecule has 0 saturated heterocycles. The van der Waals surface area contributed by atoms with E-state index in [9.17, 15) is 9.90 Å². The van der Waals surface area contributed by atoms with Crippen molar-refractivity contribution in [2.45, 2.75) is 0 Å². The van der Waals surface area contributed by atoms with Crippen molar-refractivity contribution in [2.24, 2.45) is 0 Å². The van der Waals surface area contributed by atoms with Gasteiger partial charge < -0.3 is 14.3 Å². The number of furan rings is 1. The van der Waals surface area contributed by atoms with Crippen LogP contribution in [0.15, 0.2) is 40.1 Å². The van der Waals surface area contributed by atoms with Crippen molar-refractivity contribution in [3.05, 3.63) is 40.7 Å². The fraction of sp³-hybridized carbons (Fsp3) is 0. The van der Waals surface area contributed by atoms with Crippen molar-refractivity contribution < 1.29 is 65.7 Å². The monoisotopic (exact) mass is 283 g/mol. The molecule has 84 valence electrons. The Labute approximate surface area is 149 Å². The Balaban J connectivity index is 0.00000120. The van der Waals surface area contributed by atoms with Gasteiger partial charge in [0.05, 0.1) is 0 Å². The maximum Gasteiger partial charge on any atom is 1.00 e. The molecule has 0 saturated carbocycles. The number of rotatable bonds is 2. The third-order valence-electron chi connectivity index (χ3n) is 2.36. The summed E-state index contributed by atoms with van der Waals surface area (Å²) in [6.45, 7) is 0. The van der Waals surface area contributed by atoms with Gasteiger partial charge >= 0.3 is 51.4 Å². The molecule has 1 aromatic carbocycles. The van der Waals surface area contributed by atoms with Crippen LogP contribution in [0, 0.1) is 0 Å². The number of carboxylic acids is 1. The van der Waals surface area contributed by atoms with Gasteiger partial charge in [-0.05, 0) is 12.1 Å². The largest absolute Gasteiger partial charge is 1.00 e. The van der Waals surface area contributed by atoms with Crippen molar-refractivity contribution in [2.75, 3.05) is 0 Å².